The number of hydrogen-bond acceptors (Lipinski definition) is 6. The summed E-state index contributed by atoms with van der Waals surface area (Å²) in [6.45, 7) is 3.45. The van der Waals surface area contributed by atoms with E-state index in [1.807, 2.05) is 0 Å². The number of aromatic nitrogens is 1. The topological polar surface area (TPSA) is 98.0 Å². The maximum atomic E-state index is 12.1. The van der Waals surface area contributed by atoms with E-state index >= 15 is 0 Å². The molecule has 24 heavy (non-hydrogen) atoms. The van der Waals surface area contributed by atoms with E-state index in [2.05, 4.69) is 0 Å². The second-order valence-corrected chi connectivity index (χ2v) is 5.19. The van der Waals surface area contributed by atoms with E-state index in [9.17, 15) is 14.7 Å². The number of nitrogens with zero attached hydrogens (tertiary/aromatic N) is 1. The standard InChI is InChI=1S/C17H21NO6/c1-3-23-16(21)12-6-5-11-7-15(17(22)24-4-2)18(14(11)8-12)9-13(20)10-19/h5-8,13,19-20H,3-4,9-10H2,1-2H3/t13-/m1/s1. The predicted molar refractivity (Wildman–Crippen MR) is 86.9 cm³/mol. The quantitative estimate of drug-likeness (QED) is 0.741. The molecule has 0 aliphatic carbocycles. The Bertz CT molecular complexity index is 736. The summed E-state index contributed by atoms with van der Waals surface area (Å²) in [5, 5.41) is 19.6. The molecule has 0 amide bonds. The Morgan fingerprint density at radius 3 is 2.42 bits per heavy atom. The average molecular weight is 335 g/mol. The van der Waals surface area contributed by atoms with Gasteiger partial charge in [0.15, 0.2) is 0 Å². The Morgan fingerprint density at radius 1 is 1.12 bits per heavy atom. The summed E-state index contributed by atoms with van der Waals surface area (Å²) < 4.78 is 11.6. The SMILES string of the molecule is CCOC(=O)c1ccc2cc(C(=O)OCC)n(C[C@@H](O)CO)c2c1. The third-order valence-corrected chi connectivity index (χ3v) is 3.50. The van der Waals surface area contributed by atoms with Crippen molar-refractivity contribution in [1.82, 2.24) is 4.57 Å². The first-order valence-electron chi connectivity index (χ1n) is 7.78. The average Bonchev–Trinajstić information content (AvgIpc) is 2.93. The van der Waals surface area contributed by atoms with Gasteiger partial charge < -0.3 is 24.3 Å². The van der Waals surface area contributed by atoms with Gasteiger partial charge in [0.25, 0.3) is 0 Å². The summed E-state index contributed by atoms with van der Waals surface area (Å²) in [5.41, 5.74) is 1.18. The van der Waals surface area contributed by atoms with Crippen molar-refractivity contribution in [2.24, 2.45) is 0 Å². The highest BCUT2D eigenvalue weighted by molar-refractivity contribution is 5.99. The molecule has 1 aromatic carbocycles. The number of ether oxygens (including phenoxy) is 2. The summed E-state index contributed by atoms with van der Waals surface area (Å²) in [6, 6.07) is 6.54. The smallest absolute Gasteiger partial charge is 0.354 e. The molecule has 0 bridgehead atoms. The van der Waals surface area contributed by atoms with E-state index < -0.39 is 24.6 Å². The van der Waals surface area contributed by atoms with Crippen molar-refractivity contribution >= 4 is 22.8 Å². The highest BCUT2D eigenvalue weighted by atomic mass is 16.5. The number of benzene rings is 1. The van der Waals surface area contributed by atoms with Crippen molar-refractivity contribution < 1.29 is 29.3 Å². The fraction of sp³-hybridized carbons (Fsp3) is 0.412. The number of carbonyl (C=O) groups excluding carboxylic acids is 2. The lowest BCUT2D eigenvalue weighted by Gasteiger charge is -2.13. The van der Waals surface area contributed by atoms with E-state index in [1.165, 1.54) is 4.57 Å². The van der Waals surface area contributed by atoms with Crippen LogP contribution in [0, 0.1) is 0 Å². The maximum Gasteiger partial charge on any atom is 0.354 e. The number of fused-ring (bicyclic) bond motifs is 1. The number of aliphatic hydroxyl groups excluding tert-OH is 2. The van der Waals surface area contributed by atoms with Gasteiger partial charge in [-0.1, -0.05) is 6.07 Å². The van der Waals surface area contributed by atoms with Crippen molar-refractivity contribution in [2.75, 3.05) is 19.8 Å². The van der Waals surface area contributed by atoms with Crippen LogP contribution >= 0.6 is 0 Å². The van der Waals surface area contributed by atoms with E-state index in [1.54, 1.807) is 38.1 Å². The largest absolute Gasteiger partial charge is 0.462 e. The Kier molecular flexibility index (Phi) is 5.94. The highest BCUT2D eigenvalue weighted by Gasteiger charge is 2.20. The minimum absolute atomic E-state index is 0.000423. The second kappa shape index (κ2) is 7.94. The van der Waals surface area contributed by atoms with Crippen molar-refractivity contribution in [3.05, 3.63) is 35.5 Å². The van der Waals surface area contributed by atoms with Crippen molar-refractivity contribution in [3.8, 4) is 0 Å². The zero-order valence-electron chi connectivity index (χ0n) is 13.7. The van der Waals surface area contributed by atoms with E-state index in [0.29, 0.717) is 11.1 Å². The molecule has 0 saturated carbocycles. The van der Waals surface area contributed by atoms with Crippen LogP contribution in [0.2, 0.25) is 0 Å². The van der Waals surface area contributed by atoms with E-state index in [-0.39, 0.29) is 25.5 Å². The maximum absolute atomic E-state index is 12.1. The predicted octanol–water partition coefficient (Wildman–Crippen LogP) is 1.35. The molecule has 1 atom stereocenters. The van der Waals surface area contributed by atoms with Gasteiger partial charge in [-0.05, 0) is 32.0 Å². The van der Waals surface area contributed by atoms with Gasteiger partial charge in [-0.2, -0.15) is 0 Å². The van der Waals surface area contributed by atoms with Gasteiger partial charge in [0.05, 0.1) is 38.0 Å². The van der Waals surface area contributed by atoms with Crippen LogP contribution in [0.4, 0.5) is 0 Å². The molecule has 0 spiro atoms. The molecular formula is C17H21NO6. The lowest BCUT2D eigenvalue weighted by atomic mass is 10.1. The monoisotopic (exact) mass is 335 g/mol. The van der Waals surface area contributed by atoms with Gasteiger partial charge in [-0.3, -0.25) is 0 Å². The first-order valence-corrected chi connectivity index (χ1v) is 7.78. The first kappa shape index (κ1) is 18.0. The zero-order valence-corrected chi connectivity index (χ0v) is 13.7. The summed E-state index contributed by atoms with van der Waals surface area (Å²) in [6.07, 6.45) is -1.04. The van der Waals surface area contributed by atoms with Crippen LogP contribution in [0.15, 0.2) is 24.3 Å². The summed E-state index contributed by atoms with van der Waals surface area (Å²) in [7, 11) is 0. The van der Waals surface area contributed by atoms with Gasteiger partial charge in [0, 0.05) is 10.9 Å². The minimum atomic E-state index is -1.04. The van der Waals surface area contributed by atoms with Crippen LogP contribution in [0.25, 0.3) is 10.9 Å². The Labute approximate surface area is 139 Å². The molecule has 1 aromatic heterocycles. The number of hydrogen-bond donors (Lipinski definition) is 2. The van der Waals surface area contributed by atoms with Crippen LogP contribution in [0.3, 0.4) is 0 Å². The molecule has 0 unspecified atom stereocenters. The van der Waals surface area contributed by atoms with Gasteiger partial charge in [0.2, 0.25) is 0 Å². The summed E-state index contributed by atoms with van der Waals surface area (Å²) in [5.74, 6) is -0.996. The molecule has 1 heterocycles. The van der Waals surface area contributed by atoms with Gasteiger partial charge in [-0.25, -0.2) is 9.59 Å². The molecule has 0 aliphatic rings. The van der Waals surface area contributed by atoms with Gasteiger partial charge in [0.1, 0.15) is 5.69 Å². The first-order chi connectivity index (χ1) is 11.5. The Balaban J connectivity index is 2.54. The number of esters is 2. The van der Waals surface area contributed by atoms with Crippen molar-refractivity contribution in [1.29, 1.82) is 0 Å². The molecule has 130 valence electrons. The summed E-state index contributed by atoms with van der Waals surface area (Å²) >= 11 is 0. The molecule has 7 nitrogen and oxygen atoms in total. The van der Waals surface area contributed by atoms with Gasteiger partial charge >= 0.3 is 11.9 Å². The minimum Gasteiger partial charge on any atom is -0.462 e. The van der Waals surface area contributed by atoms with E-state index in [0.717, 1.165) is 5.39 Å². The second-order valence-electron chi connectivity index (χ2n) is 5.19. The fourth-order valence-corrected chi connectivity index (χ4v) is 2.44. The molecule has 2 N–H and O–H groups in total. The molecule has 7 heteroatoms. The third-order valence-electron chi connectivity index (χ3n) is 3.50. The lowest BCUT2D eigenvalue weighted by molar-refractivity contribution is 0.0497. The third kappa shape index (κ3) is 3.74. The van der Waals surface area contributed by atoms with E-state index in [4.69, 9.17) is 14.6 Å². The molecule has 0 fully saturated rings. The van der Waals surface area contributed by atoms with Crippen molar-refractivity contribution in [2.45, 2.75) is 26.5 Å². The molecule has 2 rings (SSSR count). The summed E-state index contributed by atoms with van der Waals surface area (Å²) in [4.78, 5) is 24.1. The molecule has 0 saturated heterocycles. The molecule has 0 aliphatic heterocycles. The molecular weight excluding hydrogens is 314 g/mol. The highest BCUT2D eigenvalue weighted by Crippen LogP contribution is 2.23. The number of aliphatic hydroxyl groups is 2. The van der Waals surface area contributed by atoms with Crippen LogP contribution < -0.4 is 0 Å². The molecule has 2 aromatic rings. The van der Waals surface area contributed by atoms with Crippen LogP contribution in [0.5, 0.6) is 0 Å². The van der Waals surface area contributed by atoms with Gasteiger partial charge in [-0.15, -0.1) is 0 Å². The zero-order chi connectivity index (χ0) is 17.7. The van der Waals surface area contributed by atoms with Crippen molar-refractivity contribution in [3.63, 3.8) is 0 Å². The Morgan fingerprint density at radius 2 is 1.79 bits per heavy atom. The lowest BCUT2D eigenvalue weighted by Crippen LogP contribution is -2.23. The Hall–Kier alpha value is -2.38. The normalized spacial score (nSPS) is 12.2. The number of rotatable bonds is 7. The number of carbonyl (C=O) groups is 2. The van der Waals surface area contributed by atoms with Crippen LogP contribution in [-0.2, 0) is 16.0 Å². The molecule has 0 radical (unpaired) electrons. The fourth-order valence-electron chi connectivity index (χ4n) is 2.44. The van der Waals surface area contributed by atoms with Crippen LogP contribution in [-0.4, -0.2) is 52.6 Å². The van der Waals surface area contributed by atoms with Crippen LogP contribution in [0.1, 0.15) is 34.7 Å².